The average Bonchev–Trinajstić information content (AvgIpc) is 2.70. The lowest BCUT2D eigenvalue weighted by atomic mass is 10.1. The summed E-state index contributed by atoms with van der Waals surface area (Å²) in [7, 11) is 0. The summed E-state index contributed by atoms with van der Waals surface area (Å²) in [5, 5.41) is 2.05. The second-order valence-corrected chi connectivity index (χ2v) is 5.15. The zero-order valence-electron chi connectivity index (χ0n) is 10.5. The zero-order chi connectivity index (χ0) is 14.0. The normalized spacial score (nSPS) is 10.7. The van der Waals surface area contributed by atoms with Crippen LogP contribution in [0.25, 0.3) is 11.1 Å². The van der Waals surface area contributed by atoms with E-state index < -0.39 is 11.8 Å². The smallest absolute Gasteiger partial charge is 0.342 e. The van der Waals surface area contributed by atoms with Crippen molar-refractivity contribution < 1.29 is 13.9 Å². The van der Waals surface area contributed by atoms with E-state index in [9.17, 15) is 9.18 Å². The molecule has 2 rings (SSSR count). The Kier molecular flexibility index (Phi) is 3.80. The van der Waals surface area contributed by atoms with Gasteiger partial charge in [0.15, 0.2) is 0 Å². The number of carbonyl (C=O) groups is 1. The van der Waals surface area contributed by atoms with Gasteiger partial charge in [0.05, 0.1) is 12.3 Å². The summed E-state index contributed by atoms with van der Waals surface area (Å²) in [5.74, 6) is -0.974. The molecule has 0 bridgehead atoms. The third-order valence-corrected chi connectivity index (χ3v) is 3.19. The van der Waals surface area contributed by atoms with Gasteiger partial charge in [-0.3, -0.25) is 4.98 Å². The quantitative estimate of drug-likeness (QED) is 0.877. The first-order chi connectivity index (χ1) is 8.99. The standard InChI is InChI=1S/C13H13FN2O2S/c1-7(2)18-13(17)11-10(6-19-12(11)15)8-3-9(14)5-16-4-8/h3-7H,15H2,1-2H3. The molecule has 0 atom stereocenters. The van der Waals surface area contributed by atoms with Gasteiger partial charge in [0.2, 0.25) is 0 Å². The van der Waals surface area contributed by atoms with E-state index in [1.165, 1.54) is 23.6 Å². The van der Waals surface area contributed by atoms with Crippen molar-refractivity contribution in [1.29, 1.82) is 0 Å². The van der Waals surface area contributed by atoms with E-state index in [1.807, 2.05) is 0 Å². The fraction of sp³-hybridized carbons (Fsp3) is 0.231. The Morgan fingerprint density at radius 3 is 2.84 bits per heavy atom. The molecule has 2 heterocycles. The molecular formula is C13H13FN2O2S. The molecule has 100 valence electrons. The number of nitrogens with zero attached hydrogens (tertiary/aromatic N) is 1. The van der Waals surface area contributed by atoms with Crippen LogP contribution in [0.4, 0.5) is 9.39 Å². The van der Waals surface area contributed by atoms with Crippen LogP contribution in [-0.2, 0) is 4.74 Å². The molecule has 0 saturated carbocycles. The Balaban J connectivity index is 2.45. The van der Waals surface area contributed by atoms with E-state index in [2.05, 4.69) is 4.98 Å². The van der Waals surface area contributed by atoms with Gasteiger partial charge in [-0.1, -0.05) is 0 Å². The lowest BCUT2D eigenvalue weighted by molar-refractivity contribution is 0.0380. The van der Waals surface area contributed by atoms with Crippen molar-refractivity contribution in [2.24, 2.45) is 0 Å². The highest BCUT2D eigenvalue weighted by Crippen LogP contribution is 2.34. The van der Waals surface area contributed by atoms with E-state index in [0.29, 0.717) is 16.1 Å². The maximum atomic E-state index is 13.2. The van der Waals surface area contributed by atoms with Gasteiger partial charge in [-0.15, -0.1) is 11.3 Å². The number of thiophene rings is 1. The molecule has 0 saturated heterocycles. The van der Waals surface area contributed by atoms with Gasteiger partial charge in [-0.2, -0.15) is 0 Å². The molecule has 19 heavy (non-hydrogen) atoms. The minimum absolute atomic E-state index is 0.245. The molecule has 4 nitrogen and oxygen atoms in total. The lowest BCUT2D eigenvalue weighted by Crippen LogP contribution is -2.13. The predicted molar refractivity (Wildman–Crippen MR) is 72.5 cm³/mol. The molecule has 2 aromatic heterocycles. The predicted octanol–water partition coefficient (Wildman–Crippen LogP) is 3.10. The van der Waals surface area contributed by atoms with Crippen molar-refractivity contribution in [1.82, 2.24) is 4.98 Å². The largest absolute Gasteiger partial charge is 0.459 e. The number of esters is 1. The molecule has 2 aromatic rings. The number of ether oxygens (including phenoxy) is 1. The molecule has 0 spiro atoms. The Labute approximate surface area is 114 Å². The van der Waals surface area contributed by atoms with Crippen molar-refractivity contribution in [2.75, 3.05) is 5.73 Å². The Morgan fingerprint density at radius 1 is 1.47 bits per heavy atom. The summed E-state index contributed by atoms with van der Waals surface area (Å²) < 4.78 is 18.3. The first-order valence-electron chi connectivity index (χ1n) is 5.68. The minimum Gasteiger partial charge on any atom is -0.459 e. The van der Waals surface area contributed by atoms with Crippen LogP contribution in [0.1, 0.15) is 24.2 Å². The summed E-state index contributed by atoms with van der Waals surface area (Å²) in [6.07, 6.45) is 2.34. The Bertz CT molecular complexity index is 610. The van der Waals surface area contributed by atoms with Gasteiger partial charge < -0.3 is 10.5 Å². The third-order valence-electron chi connectivity index (χ3n) is 2.38. The molecule has 0 fully saturated rings. The second kappa shape index (κ2) is 5.36. The topological polar surface area (TPSA) is 65.2 Å². The van der Waals surface area contributed by atoms with E-state index in [0.717, 1.165) is 6.20 Å². The van der Waals surface area contributed by atoms with Gasteiger partial charge in [0.1, 0.15) is 16.4 Å². The summed E-state index contributed by atoms with van der Waals surface area (Å²) in [6, 6.07) is 1.31. The third kappa shape index (κ3) is 2.90. The van der Waals surface area contributed by atoms with E-state index in [1.54, 1.807) is 19.2 Å². The van der Waals surface area contributed by atoms with Crippen LogP contribution in [0.15, 0.2) is 23.8 Å². The van der Waals surface area contributed by atoms with Crippen LogP contribution in [0.2, 0.25) is 0 Å². The molecule has 0 aliphatic carbocycles. The van der Waals surface area contributed by atoms with Crippen molar-refractivity contribution in [3.63, 3.8) is 0 Å². The molecule has 0 unspecified atom stereocenters. The Hall–Kier alpha value is -1.95. The molecule has 6 heteroatoms. The van der Waals surface area contributed by atoms with Crippen LogP contribution < -0.4 is 5.73 Å². The number of aromatic nitrogens is 1. The zero-order valence-corrected chi connectivity index (χ0v) is 11.3. The number of nitrogens with two attached hydrogens (primary N) is 1. The molecular weight excluding hydrogens is 267 g/mol. The summed E-state index contributed by atoms with van der Waals surface area (Å²) in [6.45, 7) is 3.51. The number of halogens is 1. The van der Waals surface area contributed by atoms with Crippen molar-refractivity contribution in [2.45, 2.75) is 20.0 Å². The number of nitrogen functional groups attached to an aromatic ring is 1. The van der Waals surface area contributed by atoms with Crippen LogP contribution in [0.5, 0.6) is 0 Å². The number of hydrogen-bond donors (Lipinski definition) is 1. The number of hydrogen-bond acceptors (Lipinski definition) is 5. The maximum absolute atomic E-state index is 13.2. The van der Waals surface area contributed by atoms with Crippen LogP contribution in [-0.4, -0.2) is 17.1 Å². The van der Waals surface area contributed by atoms with Gasteiger partial charge >= 0.3 is 5.97 Å². The lowest BCUT2D eigenvalue weighted by Gasteiger charge is -2.09. The highest BCUT2D eigenvalue weighted by Gasteiger charge is 2.21. The fourth-order valence-electron chi connectivity index (χ4n) is 1.63. The monoisotopic (exact) mass is 280 g/mol. The molecule has 0 radical (unpaired) electrons. The summed E-state index contributed by atoms with van der Waals surface area (Å²) in [4.78, 5) is 15.8. The highest BCUT2D eigenvalue weighted by atomic mass is 32.1. The molecule has 0 aromatic carbocycles. The van der Waals surface area contributed by atoms with Gasteiger partial charge in [-0.05, 0) is 19.9 Å². The number of pyridine rings is 1. The van der Waals surface area contributed by atoms with Crippen molar-refractivity contribution in [3.8, 4) is 11.1 Å². The first kappa shape index (κ1) is 13.5. The van der Waals surface area contributed by atoms with Gasteiger partial charge in [-0.25, -0.2) is 9.18 Å². The summed E-state index contributed by atoms with van der Waals surface area (Å²) >= 11 is 1.21. The highest BCUT2D eigenvalue weighted by molar-refractivity contribution is 7.14. The number of rotatable bonds is 3. The number of carbonyl (C=O) groups excluding carboxylic acids is 1. The van der Waals surface area contributed by atoms with Gasteiger partial charge in [0, 0.05) is 22.7 Å². The van der Waals surface area contributed by atoms with Crippen molar-refractivity contribution in [3.05, 3.63) is 35.2 Å². The van der Waals surface area contributed by atoms with E-state index in [4.69, 9.17) is 10.5 Å². The first-order valence-corrected chi connectivity index (χ1v) is 6.56. The van der Waals surface area contributed by atoms with E-state index >= 15 is 0 Å². The minimum atomic E-state index is -0.506. The van der Waals surface area contributed by atoms with Gasteiger partial charge in [0.25, 0.3) is 0 Å². The SMILES string of the molecule is CC(C)OC(=O)c1c(-c2cncc(F)c2)csc1N. The summed E-state index contributed by atoms with van der Waals surface area (Å²) in [5.41, 5.74) is 7.11. The molecule has 0 amide bonds. The Morgan fingerprint density at radius 2 is 2.21 bits per heavy atom. The van der Waals surface area contributed by atoms with Crippen LogP contribution in [0.3, 0.4) is 0 Å². The second-order valence-electron chi connectivity index (χ2n) is 4.23. The molecule has 0 aliphatic heterocycles. The van der Waals surface area contributed by atoms with Crippen molar-refractivity contribution >= 4 is 22.3 Å². The van der Waals surface area contributed by atoms with Crippen LogP contribution in [0, 0.1) is 5.82 Å². The average molecular weight is 280 g/mol. The number of anilines is 1. The molecule has 2 N–H and O–H groups in total. The van der Waals surface area contributed by atoms with E-state index in [-0.39, 0.29) is 11.7 Å². The fourth-order valence-corrected chi connectivity index (χ4v) is 2.44. The molecule has 0 aliphatic rings. The van der Waals surface area contributed by atoms with Crippen LogP contribution >= 0.6 is 11.3 Å². The maximum Gasteiger partial charge on any atom is 0.342 e.